The summed E-state index contributed by atoms with van der Waals surface area (Å²) in [5, 5.41) is 11.8. The van der Waals surface area contributed by atoms with E-state index in [1.54, 1.807) is 0 Å². The lowest BCUT2D eigenvalue weighted by Crippen LogP contribution is -2.15. The Hall–Kier alpha value is -2.38. The van der Waals surface area contributed by atoms with Gasteiger partial charge in [-0.1, -0.05) is 53.7 Å². The number of carbonyl (C=O) groups is 1. The first kappa shape index (κ1) is 19.4. The minimum Gasteiger partial charge on any atom is -0.325 e. The van der Waals surface area contributed by atoms with Crippen molar-refractivity contribution in [2.75, 3.05) is 11.1 Å². The fourth-order valence-electron chi connectivity index (χ4n) is 2.55. The highest BCUT2D eigenvalue weighted by Gasteiger charge is 2.14. The summed E-state index contributed by atoms with van der Waals surface area (Å²) in [5.74, 6) is 0.277. The van der Waals surface area contributed by atoms with E-state index in [-0.39, 0.29) is 16.7 Å². The predicted molar refractivity (Wildman–Crippen MR) is 106 cm³/mol. The second-order valence-corrected chi connectivity index (χ2v) is 7.12. The molecule has 0 spiro atoms. The molecular weight excluding hydrogens is 387 g/mol. The van der Waals surface area contributed by atoms with Crippen LogP contribution in [0.4, 0.5) is 10.1 Å². The zero-order chi connectivity index (χ0) is 19.2. The van der Waals surface area contributed by atoms with Gasteiger partial charge in [-0.25, -0.2) is 4.39 Å². The molecule has 0 atom stereocenters. The Morgan fingerprint density at radius 3 is 2.70 bits per heavy atom. The maximum atomic E-state index is 13.2. The van der Waals surface area contributed by atoms with Gasteiger partial charge in [-0.2, -0.15) is 0 Å². The van der Waals surface area contributed by atoms with E-state index in [4.69, 9.17) is 11.6 Å². The highest BCUT2D eigenvalue weighted by Crippen LogP contribution is 2.21. The van der Waals surface area contributed by atoms with E-state index in [9.17, 15) is 9.18 Å². The molecule has 27 heavy (non-hydrogen) atoms. The lowest BCUT2D eigenvalue weighted by molar-refractivity contribution is -0.113. The summed E-state index contributed by atoms with van der Waals surface area (Å²) in [6, 6.07) is 14.1. The lowest BCUT2D eigenvalue weighted by Gasteiger charge is -2.08. The van der Waals surface area contributed by atoms with E-state index in [1.807, 2.05) is 41.8 Å². The zero-order valence-corrected chi connectivity index (χ0v) is 16.2. The third kappa shape index (κ3) is 5.08. The van der Waals surface area contributed by atoms with Gasteiger partial charge in [0.15, 0.2) is 5.16 Å². The van der Waals surface area contributed by atoms with Crippen molar-refractivity contribution in [2.24, 2.45) is 0 Å². The summed E-state index contributed by atoms with van der Waals surface area (Å²) in [7, 11) is 0. The first-order chi connectivity index (χ1) is 13.1. The summed E-state index contributed by atoms with van der Waals surface area (Å²) in [4.78, 5) is 12.2. The molecule has 8 heteroatoms. The number of carbonyl (C=O) groups excluding carboxylic acids is 1. The van der Waals surface area contributed by atoms with Gasteiger partial charge in [0, 0.05) is 18.7 Å². The van der Waals surface area contributed by atoms with E-state index in [0.717, 1.165) is 11.4 Å². The van der Waals surface area contributed by atoms with Crippen molar-refractivity contribution in [3.05, 3.63) is 70.8 Å². The number of hydrogen-bond acceptors (Lipinski definition) is 4. The second-order valence-electron chi connectivity index (χ2n) is 5.77. The predicted octanol–water partition coefficient (Wildman–Crippen LogP) is 4.41. The molecule has 1 amide bonds. The highest BCUT2D eigenvalue weighted by atomic mass is 35.5. The molecule has 0 bridgehead atoms. The van der Waals surface area contributed by atoms with Gasteiger partial charge < -0.3 is 9.88 Å². The average Bonchev–Trinajstić information content (AvgIpc) is 3.05. The quantitative estimate of drug-likeness (QED) is 0.592. The molecule has 1 N–H and O–H groups in total. The molecule has 0 aliphatic carbocycles. The summed E-state index contributed by atoms with van der Waals surface area (Å²) in [6.45, 7) is 2.73. The van der Waals surface area contributed by atoms with E-state index < -0.39 is 5.82 Å². The minimum absolute atomic E-state index is 0.0308. The number of rotatable bonds is 7. The number of anilines is 1. The van der Waals surface area contributed by atoms with Crippen LogP contribution >= 0.6 is 23.4 Å². The standard InChI is InChI=1S/C19H18ClFN4OS/c1-2-25-17(10-13-6-4-3-5-7-13)23-24-19(25)27-12-18(26)22-14-8-9-16(21)15(20)11-14/h3-9,11H,2,10,12H2,1H3,(H,22,26). The Labute approximate surface area is 166 Å². The number of nitrogens with zero attached hydrogens (tertiary/aromatic N) is 3. The number of nitrogens with one attached hydrogen (secondary N) is 1. The third-order valence-electron chi connectivity index (χ3n) is 3.85. The first-order valence-corrected chi connectivity index (χ1v) is 9.77. The van der Waals surface area contributed by atoms with Crippen LogP contribution in [-0.4, -0.2) is 26.4 Å². The molecule has 0 radical (unpaired) electrons. The number of halogens is 2. The van der Waals surface area contributed by atoms with Crippen LogP contribution in [0.25, 0.3) is 0 Å². The Morgan fingerprint density at radius 2 is 2.00 bits per heavy atom. The zero-order valence-electron chi connectivity index (χ0n) is 14.7. The van der Waals surface area contributed by atoms with Gasteiger partial charge in [-0.3, -0.25) is 4.79 Å². The number of amides is 1. The Morgan fingerprint density at radius 1 is 1.22 bits per heavy atom. The maximum Gasteiger partial charge on any atom is 0.234 e. The van der Waals surface area contributed by atoms with Crippen LogP contribution in [0.15, 0.2) is 53.7 Å². The fourth-order valence-corrected chi connectivity index (χ4v) is 3.56. The van der Waals surface area contributed by atoms with Crippen molar-refractivity contribution in [2.45, 2.75) is 25.0 Å². The van der Waals surface area contributed by atoms with Gasteiger partial charge in [0.25, 0.3) is 0 Å². The Bertz CT molecular complexity index is 933. The van der Waals surface area contributed by atoms with Gasteiger partial charge in [-0.05, 0) is 30.7 Å². The average molecular weight is 405 g/mol. The topological polar surface area (TPSA) is 59.8 Å². The van der Waals surface area contributed by atoms with Gasteiger partial charge >= 0.3 is 0 Å². The Balaban J connectivity index is 1.62. The lowest BCUT2D eigenvalue weighted by atomic mass is 10.1. The van der Waals surface area contributed by atoms with E-state index in [0.29, 0.717) is 23.8 Å². The van der Waals surface area contributed by atoms with Crippen LogP contribution in [-0.2, 0) is 17.8 Å². The minimum atomic E-state index is -0.522. The maximum absolute atomic E-state index is 13.2. The first-order valence-electron chi connectivity index (χ1n) is 8.40. The normalized spacial score (nSPS) is 10.8. The van der Waals surface area contributed by atoms with Crippen LogP contribution < -0.4 is 5.32 Å². The number of thioether (sulfide) groups is 1. The van der Waals surface area contributed by atoms with Crippen molar-refractivity contribution in [1.82, 2.24) is 14.8 Å². The fraction of sp³-hybridized carbons (Fsp3) is 0.211. The molecule has 0 fully saturated rings. The highest BCUT2D eigenvalue weighted by molar-refractivity contribution is 7.99. The SMILES string of the molecule is CCn1c(Cc2ccccc2)nnc1SCC(=O)Nc1ccc(F)c(Cl)c1. The van der Waals surface area contributed by atoms with Gasteiger partial charge in [0.05, 0.1) is 10.8 Å². The number of hydrogen-bond donors (Lipinski definition) is 1. The molecule has 1 heterocycles. The number of benzene rings is 2. The monoisotopic (exact) mass is 404 g/mol. The van der Waals surface area contributed by atoms with Gasteiger partial charge in [0.1, 0.15) is 11.6 Å². The van der Waals surface area contributed by atoms with E-state index >= 15 is 0 Å². The molecule has 140 valence electrons. The molecule has 3 rings (SSSR count). The molecule has 0 unspecified atom stereocenters. The molecule has 0 aliphatic heterocycles. The molecule has 3 aromatic rings. The van der Waals surface area contributed by atoms with E-state index in [2.05, 4.69) is 15.5 Å². The van der Waals surface area contributed by atoms with Crippen LogP contribution in [0.2, 0.25) is 5.02 Å². The van der Waals surface area contributed by atoms with Crippen molar-refractivity contribution >= 4 is 35.0 Å². The Kier molecular flexibility index (Phi) is 6.47. The molecule has 1 aromatic heterocycles. The van der Waals surface area contributed by atoms with Crippen LogP contribution in [0.1, 0.15) is 18.3 Å². The number of aromatic nitrogens is 3. The molecule has 0 aliphatic rings. The molecule has 5 nitrogen and oxygen atoms in total. The largest absolute Gasteiger partial charge is 0.325 e. The van der Waals surface area contributed by atoms with Crippen molar-refractivity contribution in [3.63, 3.8) is 0 Å². The van der Waals surface area contributed by atoms with Gasteiger partial charge in [-0.15, -0.1) is 10.2 Å². The van der Waals surface area contributed by atoms with Crippen molar-refractivity contribution in [1.29, 1.82) is 0 Å². The summed E-state index contributed by atoms with van der Waals surface area (Å²) >= 11 is 7.03. The molecule has 0 saturated heterocycles. The van der Waals surface area contributed by atoms with Crippen molar-refractivity contribution in [3.8, 4) is 0 Å². The van der Waals surface area contributed by atoms with Crippen molar-refractivity contribution < 1.29 is 9.18 Å². The molecular formula is C19H18ClFN4OS. The summed E-state index contributed by atoms with van der Waals surface area (Å²) in [5.41, 5.74) is 1.61. The van der Waals surface area contributed by atoms with E-state index in [1.165, 1.54) is 30.0 Å². The van der Waals surface area contributed by atoms with Gasteiger partial charge in [0.2, 0.25) is 5.91 Å². The smallest absolute Gasteiger partial charge is 0.234 e. The van der Waals surface area contributed by atoms with Crippen LogP contribution in [0.3, 0.4) is 0 Å². The van der Waals surface area contributed by atoms with Crippen LogP contribution in [0.5, 0.6) is 0 Å². The summed E-state index contributed by atoms with van der Waals surface area (Å²) in [6.07, 6.45) is 0.683. The molecule has 2 aromatic carbocycles. The molecule has 0 saturated carbocycles. The second kappa shape index (κ2) is 9.01. The third-order valence-corrected chi connectivity index (χ3v) is 5.11. The van der Waals surface area contributed by atoms with Crippen LogP contribution in [0, 0.1) is 5.82 Å². The summed E-state index contributed by atoms with van der Waals surface area (Å²) < 4.78 is 15.2.